The summed E-state index contributed by atoms with van der Waals surface area (Å²) in [5.41, 5.74) is 2.05. The van der Waals surface area contributed by atoms with Gasteiger partial charge >= 0.3 is 12.0 Å². The molecule has 0 aliphatic rings. The summed E-state index contributed by atoms with van der Waals surface area (Å²) in [5, 5.41) is 22.4. The zero-order chi connectivity index (χ0) is 14.3. The Morgan fingerprint density at radius 2 is 1.89 bits per heavy atom. The Kier molecular flexibility index (Phi) is 5.81. The third-order valence-corrected chi connectivity index (χ3v) is 2.59. The zero-order valence-corrected chi connectivity index (χ0v) is 10.7. The summed E-state index contributed by atoms with van der Waals surface area (Å²) in [6, 6.07) is 5.99. The molecular weight excluding hydrogens is 248 g/mol. The normalized spacial score (nSPS) is 11.7. The maximum absolute atomic E-state index is 11.5. The first-order valence-corrected chi connectivity index (χ1v) is 5.96. The fourth-order valence-corrected chi connectivity index (χ4v) is 1.48. The summed E-state index contributed by atoms with van der Waals surface area (Å²) in [4.78, 5) is 22.3. The van der Waals surface area contributed by atoms with E-state index in [-0.39, 0.29) is 13.0 Å². The highest BCUT2D eigenvalue weighted by atomic mass is 16.4. The lowest BCUT2D eigenvalue weighted by Gasteiger charge is -2.14. The summed E-state index contributed by atoms with van der Waals surface area (Å²) >= 11 is 0. The Hall–Kier alpha value is -2.08. The molecule has 4 N–H and O–H groups in total. The van der Waals surface area contributed by atoms with E-state index >= 15 is 0 Å². The third kappa shape index (κ3) is 5.39. The molecule has 1 rings (SSSR count). The van der Waals surface area contributed by atoms with E-state index < -0.39 is 18.0 Å². The number of carbonyl (C=O) groups excluding carboxylic acids is 1. The number of aliphatic hydroxyl groups excluding tert-OH is 1. The van der Waals surface area contributed by atoms with Crippen molar-refractivity contribution in [2.75, 3.05) is 6.61 Å². The number of carboxylic acid groups (broad SMARTS) is 1. The molecule has 1 aromatic rings. The minimum absolute atomic E-state index is 0.0206. The van der Waals surface area contributed by atoms with Crippen LogP contribution < -0.4 is 10.6 Å². The van der Waals surface area contributed by atoms with Crippen LogP contribution in [-0.4, -0.2) is 34.9 Å². The van der Waals surface area contributed by atoms with Crippen LogP contribution in [0.25, 0.3) is 0 Å². The molecule has 2 amide bonds. The Labute approximate surface area is 111 Å². The molecule has 104 valence electrons. The number of aliphatic carboxylic acids is 1. The van der Waals surface area contributed by atoms with Gasteiger partial charge in [0.25, 0.3) is 0 Å². The second-order valence-corrected chi connectivity index (χ2v) is 4.22. The van der Waals surface area contributed by atoms with Gasteiger partial charge in [-0.05, 0) is 12.5 Å². The van der Waals surface area contributed by atoms with Gasteiger partial charge < -0.3 is 20.8 Å². The van der Waals surface area contributed by atoms with Crippen LogP contribution in [-0.2, 0) is 11.3 Å². The van der Waals surface area contributed by atoms with Crippen LogP contribution >= 0.6 is 0 Å². The van der Waals surface area contributed by atoms with Crippen LogP contribution in [0.1, 0.15) is 17.5 Å². The average molecular weight is 266 g/mol. The number of carbonyl (C=O) groups is 2. The SMILES string of the molecule is Cc1ccc(CNC(=O)NC(CCO)C(=O)O)cc1. The Morgan fingerprint density at radius 1 is 1.26 bits per heavy atom. The number of benzene rings is 1. The summed E-state index contributed by atoms with van der Waals surface area (Å²) in [7, 11) is 0. The first kappa shape index (κ1) is 15.0. The molecule has 0 saturated carbocycles. The number of hydrogen-bond acceptors (Lipinski definition) is 3. The number of hydrogen-bond donors (Lipinski definition) is 4. The van der Waals surface area contributed by atoms with Crippen molar-refractivity contribution in [1.29, 1.82) is 0 Å². The first-order valence-electron chi connectivity index (χ1n) is 5.96. The van der Waals surface area contributed by atoms with Crippen molar-refractivity contribution in [1.82, 2.24) is 10.6 Å². The number of rotatable bonds is 6. The molecule has 0 aromatic heterocycles. The lowest BCUT2D eigenvalue weighted by Crippen LogP contribution is -2.46. The summed E-state index contributed by atoms with van der Waals surface area (Å²) in [6.07, 6.45) is -0.0206. The highest BCUT2D eigenvalue weighted by molar-refractivity contribution is 5.82. The summed E-state index contributed by atoms with van der Waals surface area (Å²) in [6.45, 7) is 1.99. The summed E-state index contributed by atoms with van der Waals surface area (Å²) in [5.74, 6) is -1.17. The number of aryl methyl sites for hydroxylation is 1. The van der Waals surface area contributed by atoms with E-state index in [4.69, 9.17) is 10.2 Å². The second-order valence-electron chi connectivity index (χ2n) is 4.22. The predicted octanol–water partition coefficient (Wildman–Crippen LogP) is 0.630. The van der Waals surface area contributed by atoms with Crippen molar-refractivity contribution in [3.05, 3.63) is 35.4 Å². The predicted molar refractivity (Wildman–Crippen MR) is 69.7 cm³/mol. The molecule has 0 bridgehead atoms. The third-order valence-electron chi connectivity index (χ3n) is 2.59. The van der Waals surface area contributed by atoms with Gasteiger partial charge in [-0.3, -0.25) is 0 Å². The van der Waals surface area contributed by atoms with Crippen molar-refractivity contribution in [2.45, 2.75) is 25.9 Å². The monoisotopic (exact) mass is 266 g/mol. The van der Waals surface area contributed by atoms with Crippen LogP contribution in [0.4, 0.5) is 4.79 Å². The van der Waals surface area contributed by atoms with Gasteiger partial charge in [0.05, 0.1) is 0 Å². The highest BCUT2D eigenvalue weighted by Gasteiger charge is 2.18. The van der Waals surface area contributed by atoms with E-state index in [9.17, 15) is 9.59 Å². The van der Waals surface area contributed by atoms with Crippen LogP contribution in [0, 0.1) is 6.92 Å². The smallest absolute Gasteiger partial charge is 0.326 e. The van der Waals surface area contributed by atoms with E-state index in [0.29, 0.717) is 6.54 Å². The largest absolute Gasteiger partial charge is 0.480 e. The molecular formula is C13H18N2O4. The van der Waals surface area contributed by atoms with Crippen molar-refractivity contribution in [2.24, 2.45) is 0 Å². The quantitative estimate of drug-likeness (QED) is 0.607. The maximum atomic E-state index is 11.5. The fourth-order valence-electron chi connectivity index (χ4n) is 1.48. The molecule has 6 heteroatoms. The van der Waals surface area contributed by atoms with Crippen molar-refractivity contribution >= 4 is 12.0 Å². The molecule has 1 atom stereocenters. The average Bonchev–Trinajstić information content (AvgIpc) is 2.37. The molecule has 0 saturated heterocycles. The van der Waals surface area contributed by atoms with Crippen molar-refractivity contribution < 1.29 is 19.8 Å². The number of urea groups is 1. The molecule has 0 spiro atoms. The van der Waals surface area contributed by atoms with Crippen LogP contribution in [0.5, 0.6) is 0 Å². The molecule has 1 aromatic carbocycles. The molecule has 0 radical (unpaired) electrons. The highest BCUT2D eigenvalue weighted by Crippen LogP contribution is 2.02. The first-order chi connectivity index (χ1) is 9.02. The minimum Gasteiger partial charge on any atom is -0.480 e. The second kappa shape index (κ2) is 7.38. The van der Waals surface area contributed by atoms with E-state index in [2.05, 4.69) is 10.6 Å². The number of aliphatic hydroxyl groups is 1. The lowest BCUT2D eigenvalue weighted by atomic mass is 10.1. The topological polar surface area (TPSA) is 98.7 Å². The van der Waals surface area contributed by atoms with Crippen molar-refractivity contribution in [3.8, 4) is 0 Å². The zero-order valence-electron chi connectivity index (χ0n) is 10.7. The Bertz CT molecular complexity index is 431. The van der Waals surface area contributed by atoms with Gasteiger partial charge in [-0.25, -0.2) is 9.59 Å². The van der Waals surface area contributed by atoms with Gasteiger partial charge in [0.15, 0.2) is 0 Å². The van der Waals surface area contributed by atoms with Crippen LogP contribution in [0.3, 0.4) is 0 Å². The van der Waals surface area contributed by atoms with Crippen LogP contribution in [0.2, 0.25) is 0 Å². The standard InChI is InChI=1S/C13H18N2O4/c1-9-2-4-10(5-3-9)8-14-13(19)15-11(6-7-16)12(17)18/h2-5,11,16H,6-8H2,1H3,(H,17,18)(H2,14,15,19). The molecule has 0 heterocycles. The van der Waals surface area contributed by atoms with Gasteiger partial charge in [0, 0.05) is 19.6 Å². The van der Waals surface area contributed by atoms with E-state index in [1.54, 1.807) is 0 Å². The van der Waals surface area contributed by atoms with Crippen molar-refractivity contribution in [3.63, 3.8) is 0 Å². The molecule has 1 unspecified atom stereocenters. The van der Waals surface area contributed by atoms with Gasteiger partial charge in [-0.15, -0.1) is 0 Å². The molecule has 19 heavy (non-hydrogen) atoms. The lowest BCUT2D eigenvalue weighted by molar-refractivity contribution is -0.139. The van der Waals surface area contributed by atoms with Gasteiger partial charge in [-0.1, -0.05) is 29.8 Å². The van der Waals surface area contributed by atoms with Crippen LogP contribution in [0.15, 0.2) is 24.3 Å². The fraction of sp³-hybridized carbons (Fsp3) is 0.385. The van der Waals surface area contributed by atoms with Gasteiger partial charge in [0.2, 0.25) is 0 Å². The van der Waals surface area contributed by atoms with E-state index in [1.165, 1.54) is 0 Å². The van der Waals surface area contributed by atoms with E-state index in [1.807, 2.05) is 31.2 Å². The molecule has 0 aliphatic carbocycles. The number of amides is 2. The number of nitrogens with one attached hydrogen (secondary N) is 2. The molecule has 0 fully saturated rings. The number of carboxylic acids is 1. The van der Waals surface area contributed by atoms with E-state index in [0.717, 1.165) is 11.1 Å². The Morgan fingerprint density at radius 3 is 2.42 bits per heavy atom. The van der Waals surface area contributed by atoms with Gasteiger partial charge in [0.1, 0.15) is 6.04 Å². The van der Waals surface area contributed by atoms with Gasteiger partial charge in [-0.2, -0.15) is 0 Å². The molecule has 0 aliphatic heterocycles. The molecule has 6 nitrogen and oxygen atoms in total. The summed E-state index contributed by atoms with van der Waals surface area (Å²) < 4.78 is 0. The maximum Gasteiger partial charge on any atom is 0.326 e. The minimum atomic E-state index is -1.17. The Balaban J connectivity index is 2.42.